The van der Waals surface area contributed by atoms with Crippen molar-refractivity contribution in [3.63, 3.8) is 0 Å². The van der Waals surface area contributed by atoms with Crippen LogP contribution in [0.4, 0.5) is 15.8 Å². The number of carbonyl (C=O) groups excluding carboxylic acids is 1. The van der Waals surface area contributed by atoms with Gasteiger partial charge in [-0.2, -0.15) is 0 Å². The van der Waals surface area contributed by atoms with Gasteiger partial charge in [-0.05, 0) is 58.6 Å². The van der Waals surface area contributed by atoms with Crippen molar-refractivity contribution in [3.8, 4) is 0 Å². The Morgan fingerprint density at radius 1 is 1.29 bits per heavy atom. The first-order valence-corrected chi connectivity index (χ1v) is 7.56. The van der Waals surface area contributed by atoms with Crippen LogP contribution in [-0.4, -0.2) is 12.5 Å². The lowest BCUT2D eigenvalue weighted by atomic mass is 10.0. The molecular formula is C16H14BrFN2O. The van der Waals surface area contributed by atoms with Crippen LogP contribution in [-0.2, 0) is 6.42 Å². The molecule has 1 aliphatic rings. The highest BCUT2D eigenvalue weighted by Crippen LogP contribution is 2.26. The highest BCUT2D eigenvalue weighted by molar-refractivity contribution is 9.10. The van der Waals surface area contributed by atoms with E-state index in [9.17, 15) is 9.18 Å². The smallest absolute Gasteiger partial charge is 0.259 e. The summed E-state index contributed by atoms with van der Waals surface area (Å²) >= 11 is 3.21. The van der Waals surface area contributed by atoms with Gasteiger partial charge in [0.1, 0.15) is 5.82 Å². The molecule has 0 aromatic heterocycles. The molecule has 1 amide bonds. The first-order valence-electron chi connectivity index (χ1n) is 6.77. The average Bonchev–Trinajstić information content (AvgIpc) is 2.47. The second kappa shape index (κ2) is 5.85. The number of hydrogen-bond acceptors (Lipinski definition) is 2. The predicted octanol–water partition coefficient (Wildman–Crippen LogP) is 4.20. The minimum Gasteiger partial charge on any atom is -0.385 e. The third-order valence-electron chi connectivity index (χ3n) is 3.50. The minimum atomic E-state index is -0.544. The third-order valence-corrected chi connectivity index (χ3v) is 4.16. The zero-order valence-corrected chi connectivity index (χ0v) is 12.8. The zero-order valence-electron chi connectivity index (χ0n) is 11.2. The van der Waals surface area contributed by atoms with Crippen molar-refractivity contribution in [3.05, 3.63) is 57.8 Å². The Morgan fingerprint density at radius 3 is 2.95 bits per heavy atom. The van der Waals surface area contributed by atoms with E-state index in [0.717, 1.165) is 25.1 Å². The molecule has 3 nitrogen and oxygen atoms in total. The summed E-state index contributed by atoms with van der Waals surface area (Å²) in [7, 11) is 0. The van der Waals surface area contributed by atoms with Gasteiger partial charge < -0.3 is 10.6 Å². The molecule has 3 rings (SSSR count). The second-order valence-electron chi connectivity index (χ2n) is 4.95. The SMILES string of the molecule is O=C(Nc1ccc2c(c1)NCCC2)c1c(F)cccc1Br. The third kappa shape index (κ3) is 2.93. The van der Waals surface area contributed by atoms with Gasteiger partial charge in [0.05, 0.1) is 5.56 Å². The van der Waals surface area contributed by atoms with E-state index in [-0.39, 0.29) is 5.56 Å². The van der Waals surface area contributed by atoms with E-state index >= 15 is 0 Å². The molecule has 21 heavy (non-hydrogen) atoms. The molecule has 5 heteroatoms. The summed E-state index contributed by atoms with van der Waals surface area (Å²) in [4.78, 5) is 12.2. The highest BCUT2D eigenvalue weighted by atomic mass is 79.9. The molecule has 0 spiro atoms. The molecule has 0 fully saturated rings. The van der Waals surface area contributed by atoms with E-state index in [1.54, 1.807) is 12.1 Å². The molecule has 2 N–H and O–H groups in total. The summed E-state index contributed by atoms with van der Waals surface area (Å²) < 4.78 is 14.2. The van der Waals surface area contributed by atoms with Crippen LogP contribution in [0.1, 0.15) is 22.3 Å². The van der Waals surface area contributed by atoms with Crippen molar-refractivity contribution in [1.82, 2.24) is 0 Å². The first-order chi connectivity index (χ1) is 10.1. The number of carbonyl (C=O) groups is 1. The summed E-state index contributed by atoms with van der Waals surface area (Å²) in [5.41, 5.74) is 2.95. The number of rotatable bonds is 2. The van der Waals surface area contributed by atoms with Crippen molar-refractivity contribution < 1.29 is 9.18 Å². The summed E-state index contributed by atoms with van der Waals surface area (Å²) in [5.74, 6) is -1.01. The van der Waals surface area contributed by atoms with Crippen LogP contribution in [0.25, 0.3) is 0 Å². The van der Waals surface area contributed by atoms with Gasteiger partial charge in [-0.15, -0.1) is 0 Å². The van der Waals surface area contributed by atoms with Gasteiger partial charge in [0, 0.05) is 22.4 Å². The maximum Gasteiger partial charge on any atom is 0.259 e. The second-order valence-corrected chi connectivity index (χ2v) is 5.81. The van der Waals surface area contributed by atoms with E-state index < -0.39 is 11.7 Å². The molecular weight excluding hydrogens is 335 g/mol. The van der Waals surface area contributed by atoms with Crippen LogP contribution in [0.15, 0.2) is 40.9 Å². The average molecular weight is 349 g/mol. The fourth-order valence-corrected chi connectivity index (χ4v) is 2.97. The van der Waals surface area contributed by atoms with E-state index in [4.69, 9.17) is 0 Å². The molecule has 0 aliphatic carbocycles. The maximum atomic E-state index is 13.8. The number of nitrogens with one attached hydrogen (secondary N) is 2. The number of amides is 1. The van der Waals surface area contributed by atoms with E-state index in [2.05, 4.69) is 26.6 Å². The van der Waals surface area contributed by atoms with Gasteiger partial charge >= 0.3 is 0 Å². The van der Waals surface area contributed by atoms with Crippen LogP contribution in [0, 0.1) is 5.82 Å². The van der Waals surface area contributed by atoms with E-state index in [0.29, 0.717) is 10.2 Å². The van der Waals surface area contributed by atoms with Crippen LogP contribution >= 0.6 is 15.9 Å². The first kappa shape index (κ1) is 14.1. The largest absolute Gasteiger partial charge is 0.385 e. The molecule has 2 aromatic rings. The normalized spacial score (nSPS) is 13.2. The van der Waals surface area contributed by atoms with E-state index in [1.807, 2.05) is 18.2 Å². The van der Waals surface area contributed by atoms with Crippen molar-refractivity contribution in [1.29, 1.82) is 0 Å². The molecule has 0 atom stereocenters. The van der Waals surface area contributed by atoms with Crippen molar-refractivity contribution in [2.45, 2.75) is 12.8 Å². The summed E-state index contributed by atoms with van der Waals surface area (Å²) in [6.07, 6.45) is 2.15. The quantitative estimate of drug-likeness (QED) is 0.853. The van der Waals surface area contributed by atoms with Gasteiger partial charge in [0.25, 0.3) is 5.91 Å². The Bertz CT molecular complexity index is 682. The van der Waals surface area contributed by atoms with E-state index in [1.165, 1.54) is 11.6 Å². The predicted molar refractivity (Wildman–Crippen MR) is 85.3 cm³/mol. The van der Waals surface area contributed by atoms with Gasteiger partial charge in [-0.25, -0.2) is 4.39 Å². The number of benzene rings is 2. The molecule has 2 aromatic carbocycles. The lowest BCUT2D eigenvalue weighted by molar-refractivity contribution is 0.102. The monoisotopic (exact) mass is 348 g/mol. The minimum absolute atomic E-state index is 0.0168. The molecule has 1 heterocycles. The van der Waals surface area contributed by atoms with Gasteiger partial charge in [-0.1, -0.05) is 12.1 Å². The zero-order chi connectivity index (χ0) is 14.8. The number of aryl methyl sites for hydroxylation is 1. The molecule has 0 unspecified atom stereocenters. The summed E-state index contributed by atoms with van der Waals surface area (Å²) in [6.45, 7) is 0.934. The number of fused-ring (bicyclic) bond motifs is 1. The lowest BCUT2D eigenvalue weighted by Crippen LogP contribution is -2.16. The van der Waals surface area contributed by atoms with Gasteiger partial charge in [0.15, 0.2) is 0 Å². The molecule has 0 radical (unpaired) electrons. The topological polar surface area (TPSA) is 41.1 Å². The molecule has 108 valence electrons. The number of halogens is 2. The Morgan fingerprint density at radius 2 is 2.14 bits per heavy atom. The fourth-order valence-electron chi connectivity index (χ4n) is 2.45. The van der Waals surface area contributed by atoms with Crippen LogP contribution < -0.4 is 10.6 Å². The summed E-state index contributed by atoms with van der Waals surface area (Å²) in [6, 6.07) is 10.2. The van der Waals surface area contributed by atoms with Gasteiger partial charge in [-0.3, -0.25) is 4.79 Å². The summed E-state index contributed by atoms with van der Waals surface area (Å²) in [5, 5.41) is 6.05. The van der Waals surface area contributed by atoms with Gasteiger partial charge in [0.2, 0.25) is 0 Å². The number of anilines is 2. The Kier molecular flexibility index (Phi) is 3.92. The maximum absolute atomic E-state index is 13.8. The standard InChI is InChI=1S/C16H14BrFN2O/c17-12-4-1-5-13(18)15(12)16(21)20-11-7-6-10-3-2-8-19-14(10)9-11/h1,4-7,9,19H,2-3,8H2,(H,20,21). The number of hydrogen-bond donors (Lipinski definition) is 2. The lowest BCUT2D eigenvalue weighted by Gasteiger charge is -2.19. The van der Waals surface area contributed by atoms with Crippen LogP contribution in [0.2, 0.25) is 0 Å². The van der Waals surface area contributed by atoms with Crippen molar-refractivity contribution >= 4 is 33.2 Å². The molecule has 0 saturated carbocycles. The molecule has 0 bridgehead atoms. The fraction of sp³-hybridized carbons (Fsp3) is 0.188. The van der Waals surface area contributed by atoms with Crippen molar-refractivity contribution in [2.75, 3.05) is 17.2 Å². The Balaban J connectivity index is 1.85. The molecule has 1 aliphatic heterocycles. The van der Waals surface area contributed by atoms with Crippen LogP contribution in [0.3, 0.4) is 0 Å². The van der Waals surface area contributed by atoms with Crippen LogP contribution in [0.5, 0.6) is 0 Å². The molecule has 0 saturated heterocycles. The van der Waals surface area contributed by atoms with Crippen molar-refractivity contribution in [2.24, 2.45) is 0 Å². The Hall–Kier alpha value is -1.88. The Labute approximate surface area is 130 Å². The highest BCUT2D eigenvalue weighted by Gasteiger charge is 2.16.